The van der Waals surface area contributed by atoms with Crippen molar-refractivity contribution in [2.24, 2.45) is 11.8 Å². The van der Waals surface area contributed by atoms with E-state index in [0.29, 0.717) is 48.9 Å². The number of anilines is 2. The van der Waals surface area contributed by atoms with Crippen molar-refractivity contribution in [2.45, 2.75) is 17.7 Å². The molecule has 0 fully saturated rings. The molecule has 2 aliphatic rings. The number of thioether (sulfide) groups is 1. The second-order valence-corrected chi connectivity index (χ2v) is 8.75. The zero-order valence-corrected chi connectivity index (χ0v) is 18.6. The molecule has 2 atom stereocenters. The lowest BCUT2D eigenvalue weighted by Gasteiger charge is -2.24. The van der Waals surface area contributed by atoms with Crippen molar-refractivity contribution in [3.63, 3.8) is 0 Å². The largest absolute Gasteiger partial charge is 0.486 e. The van der Waals surface area contributed by atoms with E-state index in [1.807, 2.05) is 18.2 Å². The molecule has 33 heavy (non-hydrogen) atoms. The number of allylic oxidation sites excluding steroid dienone is 2. The fourth-order valence-corrected chi connectivity index (χ4v) is 4.41. The summed E-state index contributed by atoms with van der Waals surface area (Å²) in [6.07, 6.45) is 4.42. The minimum atomic E-state index is -0.958. The molecule has 3 N–H and O–H groups in total. The number of rotatable bonds is 7. The number of carbonyl (C=O) groups is 3. The summed E-state index contributed by atoms with van der Waals surface area (Å²) in [5.74, 6) is -1.22. The van der Waals surface area contributed by atoms with Gasteiger partial charge in [-0.3, -0.25) is 14.4 Å². The first-order valence-electron chi connectivity index (χ1n) is 10.6. The van der Waals surface area contributed by atoms with Crippen LogP contribution < -0.4 is 20.1 Å². The monoisotopic (exact) mass is 468 g/mol. The van der Waals surface area contributed by atoms with Gasteiger partial charge in [0.05, 0.1) is 17.6 Å². The molecule has 0 unspecified atom stereocenters. The van der Waals surface area contributed by atoms with E-state index in [9.17, 15) is 19.5 Å². The molecular weight excluding hydrogens is 444 g/mol. The smallest absolute Gasteiger partial charge is 0.307 e. The third-order valence-electron chi connectivity index (χ3n) is 5.40. The Bertz CT molecular complexity index is 1070. The molecule has 9 heteroatoms. The van der Waals surface area contributed by atoms with Gasteiger partial charge in [0.1, 0.15) is 13.2 Å². The maximum absolute atomic E-state index is 12.6. The zero-order chi connectivity index (χ0) is 23.2. The van der Waals surface area contributed by atoms with Gasteiger partial charge in [0.25, 0.3) is 0 Å². The molecule has 172 valence electrons. The number of nitrogens with one attached hydrogen (secondary N) is 2. The van der Waals surface area contributed by atoms with Crippen molar-refractivity contribution in [1.82, 2.24) is 0 Å². The van der Waals surface area contributed by atoms with Gasteiger partial charge >= 0.3 is 5.97 Å². The lowest BCUT2D eigenvalue weighted by molar-refractivity contribution is -0.146. The Morgan fingerprint density at radius 1 is 0.879 bits per heavy atom. The van der Waals surface area contributed by atoms with Crippen molar-refractivity contribution < 1.29 is 29.0 Å². The van der Waals surface area contributed by atoms with E-state index in [1.165, 1.54) is 11.8 Å². The summed E-state index contributed by atoms with van der Waals surface area (Å²) in [5.41, 5.74) is 1.23. The highest BCUT2D eigenvalue weighted by Crippen LogP contribution is 2.33. The molecule has 0 saturated heterocycles. The van der Waals surface area contributed by atoms with E-state index in [0.717, 1.165) is 4.90 Å². The molecule has 1 aliphatic heterocycles. The molecule has 0 spiro atoms. The maximum atomic E-state index is 12.6. The predicted octanol–water partition coefficient (Wildman–Crippen LogP) is 3.79. The number of fused-ring (bicyclic) bond motifs is 1. The Kier molecular flexibility index (Phi) is 7.19. The van der Waals surface area contributed by atoms with E-state index in [1.54, 1.807) is 36.4 Å². The first-order valence-corrected chi connectivity index (χ1v) is 11.6. The average molecular weight is 469 g/mol. The SMILES string of the molecule is O=C(CSc1ccc(NC(=O)[C@H]2CC=CC[C@H]2C(=O)O)cc1)Nc1ccc2c(c1)OCCO2. The number of carbonyl (C=O) groups excluding carboxylic acids is 2. The van der Waals surface area contributed by atoms with Crippen LogP contribution in [0, 0.1) is 11.8 Å². The van der Waals surface area contributed by atoms with Crippen LogP contribution in [0.1, 0.15) is 12.8 Å². The van der Waals surface area contributed by atoms with Crippen LogP contribution in [0.15, 0.2) is 59.5 Å². The number of ether oxygens (including phenoxy) is 2. The molecule has 0 bridgehead atoms. The molecular formula is C24H24N2O6S. The second kappa shape index (κ2) is 10.4. The van der Waals surface area contributed by atoms with Crippen LogP contribution in [-0.4, -0.2) is 41.9 Å². The second-order valence-electron chi connectivity index (χ2n) is 7.70. The van der Waals surface area contributed by atoms with Crippen LogP contribution in [0.2, 0.25) is 0 Å². The Morgan fingerprint density at radius 2 is 1.55 bits per heavy atom. The van der Waals surface area contributed by atoms with Crippen LogP contribution in [-0.2, 0) is 14.4 Å². The van der Waals surface area contributed by atoms with Gasteiger partial charge < -0.3 is 25.2 Å². The Balaban J connectivity index is 1.27. The van der Waals surface area contributed by atoms with Crippen LogP contribution >= 0.6 is 11.8 Å². The summed E-state index contributed by atoms with van der Waals surface area (Å²) in [7, 11) is 0. The average Bonchev–Trinajstić information content (AvgIpc) is 2.83. The highest BCUT2D eigenvalue weighted by atomic mass is 32.2. The van der Waals surface area contributed by atoms with E-state index < -0.39 is 17.8 Å². The van der Waals surface area contributed by atoms with E-state index in [4.69, 9.17) is 9.47 Å². The molecule has 2 aromatic carbocycles. The van der Waals surface area contributed by atoms with Gasteiger partial charge in [0.15, 0.2) is 11.5 Å². The fraction of sp³-hybridized carbons (Fsp3) is 0.292. The molecule has 0 saturated carbocycles. The quantitative estimate of drug-likeness (QED) is 0.418. The van der Waals surface area contributed by atoms with Crippen molar-refractivity contribution in [3.8, 4) is 11.5 Å². The topological polar surface area (TPSA) is 114 Å². The molecule has 4 rings (SSSR count). The van der Waals surface area contributed by atoms with Gasteiger partial charge in [-0.25, -0.2) is 0 Å². The van der Waals surface area contributed by atoms with Crippen LogP contribution in [0.3, 0.4) is 0 Å². The Morgan fingerprint density at radius 3 is 2.27 bits per heavy atom. The van der Waals surface area contributed by atoms with E-state index in [2.05, 4.69) is 10.6 Å². The third kappa shape index (κ3) is 5.87. The summed E-state index contributed by atoms with van der Waals surface area (Å²) < 4.78 is 11.0. The minimum absolute atomic E-state index is 0.154. The summed E-state index contributed by atoms with van der Waals surface area (Å²) in [4.78, 5) is 37.2. The number of carboxylic acid groups (broad SMARTS) is 1. The number of aliphatic carboxylic acids is 1. The van der Waals surface area contributed by atoms with Crippen molar-refractivity contribution in [2.75, 3.05) is 29.6 Å². The van der Waals surface area contributed by atoms with Gasteiger partial charge in [0.2, 0.25) is 11.8 Å². The first kappa shape index (κ1) is 22.7. The zero-order valence-electron chi connectivity index (χ0n) is 17.8. The first-order chi connectivity index (χ1) is 16.0. The normalized spacial score (nSPS) is 18.9. The summed E-state index contributed by atoms with van der Waals surface area (Å²) in [6.45, 7) is 0.993. The molecule has 1 aliphatic carbocycles. The van der Waals surface area contributed by atoms with Crippen molar-refractivity contribution in [1.29, 1.82) is 0 Å². The summed E-state index contributed by atoms with van der Waals surface area (Å²) >= 11 is 1.37. The number of hydrogen-bond donors (Lipinski definition) is 3. The molecule has 2 aromatic rings. The molecule has 8 nitrogen and oxygen atoms in total. The van der Waals surface area contributed by atoms with E-state index in [-0.39, 0.29) is 17.6 Å². The number of benzene rings is 2. The van der Waals surface area contributed by atoms with Gasteiger partial charge in [-0.15, -0.1) is 11.8 Å². The maximum Gasteiger partial charge on any atom is 0.307 e. The van der Waals surface area contributed by atoms with Crippen LogP contribution in [0.25, 0.3) is 0 Å². The number of carboxylic acids is 1. The summed E-state index contributed by atoms with van der Waals surface area (Å²) in [6, 6.07) is 12.4. The highest BCUT2D eigenvalue weighted by molar-refractivity contribution is 8.00. The minimum Gasteiger partial charge on any atom is -0.486 e. The van der Waals surface area contributed by atoms with Gasteiger partial charge in [-0.05, 0) is 49.2 Å². The lowest BCUT2D eigenvalue weighted by Crippen LogP contribution is -2.34. The highest BCUT2D eigenvalue weighted by Gasteiger charge is 2.33. The molecule has 0 radical (unpaired) electrons. The summed E-state index contributed by atoms with van der Waals surface area (Å²) in [5, 5.41) is 15.0. The molecule has 2 amide bonds. The fourth-order valence-electron chi connectivity index (χ4n) is 3.71. The molecule has 1 heterocycles. The van der Waals surface area contributed by atoms with Crippen molar-refractivity contribution in [3.05, 3.63) is 54.6 Å². The Labute approximate surface area is 195 Å². The van der Waals surface area contributed by atoms with Gasteiger partial charge in [-0.2, -0.15) is 0 Å². The lowest BCUT2D eigenvalue weighted by atomic mass is 9.82. The Hall–Kier alpha value is -3.46. The standard InChI is InChI=1S/C24H24N2O6S/c27-22(25-16-7-10-20-21(13-16)32-12-11-31-20)14-33-17-8-5-15(6-9-17)26-23(28)18-3-1-2-4-19(18)24(29)30/h1-2,5-10,13,18-19H,3-4,11-12,14H2,(H,25,27)(H,26,28)(H,29,30)/t18-,19+/m0/s1. The van der Waals surface area contributed by atoms with Crippen LogP contribution in [0.5, 0.6) is 11.5 Å². The van der Waals surface area contributed by atoms with Crippen LogP contribution in [0.4, 0.5) is 11.4 Å². The third-order valence-corrected chi connectivity index (χ3v) is 6.42. The number of amides is 2. The number of hydrogen-bond acceptors (Lipinski definition) is 6. The van der Waals surface area contributed by atoms with Gasteiger partial charge in [0, 0.05) is 22.3 Å². The molecule has 0 aromatic heterocycles. The van der Waals surface area contributed by atoms with E-state index >= 15 is 0 Å². The van der Waals surface area contributed by atoms with Crippen molar-refractivity contribution >= 4 is 40.9 Å². The van der Waals surface area contributed by atoms with Gasteiger partial charge in [-0.1, -0.05) is 12.2 Å². The predicted molar refractivity (Wildman–Crippen MR) is 125 cm³/mol.